The zero-order chi connectivity index (χ0) is 17.4. The summed E-state index contributed by atoms with van der Waals surface area (Å²) in [6, 6.07) is 20.2. The number of carbonyl (C=O) groups is 1. The molecule has 0 unspecified atom stereocenters. The number of rotatable bonds is 7. The molecule has 0 aliphatic rings. The number of amides is 1. The highest BCUT2D eigenvalue weighted by Gasteiger charge is 2.25. The van der Waals surface area contributed by atoms with Crippen molar-refractivity contribution in [1.29, 1.82) is 0 Å². The molecular formula is C21H27NOS. The minimum atomic E-state index is 0.0957. The third kappa shape index (κ3) is 5.13. The number of benzene rings is 2. The number of carbonyl (C=O) groups excluding carboxylic acids is 1. The molecule has 24 heavy (non-hydrogen) atoms. The summed E-state index contributed by atoms with van der Waals surface area (Å²) in [7, 11) is 1.85. The number of thioether (sulfide) groups is 1. The first-order valence-electron chi connectivity index (χ1n) is 8.67. The first-order valence-corrected chi connectivity index (χ1v) is 9.55. The Labute approximate surface area is 150 Å². The van der Waals surface area contributed by atoms with Crippen molar-refractivity contribution in [3.63, 3.8) is 0 Å². The molecule has 0 radical (unpaired) electrons. The van der Waals surface area contributed by atoms with Gasteiger partial charge in [0.05, 0.1) is 0 Å². The molecule has 0 saturated carbocycles. The number of hydrogen-bond donors (Lipinski definition) is 0. The van der Waals surface area contributed by atoms with Crippen molar-refractivity contribution in [2.24, 2.45) is 5.92 Å². The lowest BCUT2D eigenvalue weighted by Crippen LogP contribution is -2.23. The maximum absolute atomic E-state index is 12.8. The zero-order valence-electron chi connectivity index (χ0n) is 14.8. The van der Waals surface area contributed by atoms with Gasteiger partial charge in [0.25, 0.3) is 5.24 Å². The van der Waals surface area contributed by atoms with E-state index in [1.807, 2.05) is 43.4 Å². The first kappa shape index (κ1) is 18.6. The molecule has 128 valence electrons. The quantitative estimate of drug-likeness (QED) is 0.569. The minimum Gasteiger partial charge on any atom is -0.306 e. The van der Waals surface area contributed by atoms with Crippen LogP contribution in [0, 0.1) is 5.92 Å². The molecule has 0 aliphatic heterocycles. The predicted molar refractivity (Wildman–Crippen MR) is 106 cm³/mol. The van der Waals surface area contributed by atoms with Gasteiger partial charge in [0, 0.05) is 18.0 Å². The Hall–Kier alpha value is -1.74. The van der Waals surface area contributed by atoms with E-state index in [4.69, 9.17) is 0 Å². The van der Waals surface area contributed by atoms with E-state index in [1.165, 1.54) is 30.2 Å². The first-order chi connectivity index (χ1) is 11.6. The van der Waals surface area contributed by atoms with E-state index in [0.29, 0.717) is 5.92 Å². The van der Waals surface area contributed by atoms with E-state index in [2.05, 4.69) is 38.1 Å². The lowest BCUT2D eigenvalue weighted by molar-refractivity contribution is 0.266. The molecule has 1 amide bonds. The fourth-order valence-electron chi connectivity index (χ4n) is 2.78. The Bertz CT molecular complexity index is 614. The average Bonchev–Trinajstić information content (AvgIpc) is 2.64. The smallest absolute Gasteiger partial charge is 0.286 e. The lowest BCUT2D eigenvalue weighted by atomic mass is 9.95. The van der Waals surface area contributed by atoms with Crippen molar-refractivity contribution in [3.8, 4) is 0 Å². The Balaban J connectivity index is 2.14. The standard InChI is InChI=1S/C21H27NOS/c1-4-5-12-17(2)20(18-13-8-6-9-14-18)24-21(23)22(3)19-15-10-7-11-16-19/h6-11,13-17,20H,4-5,12H2,1-3H3/t17-,20+/m0/s1. The van der Waals surface area contributed by atoms with Crippen LogP contribution < -0.4 is 4.90 Å². The van der Waals surface area contributed by atoms with Crippen molar-refractivity contribution < 1.29 is 4.79 Å². The van der Waals surface area contributed by atoms with Gasteiger partial charge in [-0.15, -0.1) is 0 Å². The number of para-hydroxylation sites is 1. The zero-order valence-corrected chi connectivity index (χ0v) is 15.6. The normalized spacial score (nSPS) is 13.3. The van der Waals surface area contributed by atoms with Gasteiger partial charge >= 0.3 is 0 Å². The Morgan fingerprint density at radius 1 is 1.04 bits per heavy atom. The van der Waals surface area contributed by atoms with Gasteiger partial charge in [-0.05, 0) is 30.0 Å². The van der Waals surface area contributed by atoms with Gasteiger partial charge in [0.15, 0.2) is 0 Å². The van der Waals surface area contributed by atoms with E-state index in [9.17, 15) is 4.79 Å². The molecule has 0 spiro atoms. The molecule has 2 aromatic carbocycles. The van der Waals surface area contributed by atoms with Gasteiger partial charge in [-0.3, -0.25) is 4.79 Å². The van der Waals surface area contributed by atoms with E-state index in [-0.39, 0.29) is 10.5 Å². The molecule has 2 rings (SSSR count). The van der Waals surface area contributed by atoms with Crippen LogP contribution in [0.3, 0.4) is 0 Å². The summed E-state index contributed by atoms with van der Waals surface area (Å²) in [4.78, 5) is 14.5. The van der Waals surface area contributed by atoms with Crippen LogP contribution in [0.5, 0.6) is 0 Å². The number of anilines is 1. The van der Waals surface area contributed by atoms with E-state index < -0.39 is 0 Å². The molecule has 2 aromatic rings. The van der Waals surface area contributed by atoms with Crippen molar-refractivity contribution in [3.05, 3.63) is 66.2 Å². The molecule has 2 nitrogen and oxygen atoms in total. The second-order valence-electron chi connectivity index (χ2n) is 6.23. The topological polar surface area (TPSA) is 20.3 Å². The van der Waals surface area contributed by atoms with Crippen LogP contribution >= 0.6 is 11.8 Å². The van der Waals surface area contributed by atoms with Gasteiger partial charge in [-0.1, -0.05) is 87.0 Å². The van der Waals surface area contributed by atoms with Gasteiger partial charge in [-0.25, -0.2) is 0 Å². The Morgan fingerprint density at radius 2 is 1.62 bits per heavy atom. The summed E-state index contributed by atoms with van der Waals surface area (Å²) in [5.74, 6) is 0.463. The van der Waals surface area contributed by atoms with Crippen LogP contribution in [0.15, 0.2) is 60.7 Å². The van der Waals surface area contributed by atoms with E-state index in [0.717, 1.165) is 12.1 Å². The molecule has 3 heteroatoms. The highest BCUT2D eigenvalue weighted by atomic mass is 32.2. The number of nitrogens with zero attached hydrogens (tertiary/aromatic N) is 1. The molecule has 2 atom stereocenters. The second kappa shape index (κ2) is 9.53. The van der Waals surface area contributed by atoms with Crippen LogP contribution in [0.1, 0.15) is 43.9 Å². The van der Waals surface area contributed by atoms with Crippen LogP contribution in [-0.4, -0.2) is 12.3 Å². The average molecular weight is 342 g/mol. The number of hydrogen-bond acceptors (Lipinski definition) is 2. The molecule has 0 heterocycles. The monoisotopic (exact) mass is 341 g/mol. The summed E-state index contributed by atoms with van der Waals surface area (Å²) >= 11 is 1.45. The maximum Gasteiger partial charge on any atom is 0.286 e. The molecule has 0 N–H and O–H groups in total. The molecule has 0 saturated heterocycles. The number of unbranched alkanes of at least 4 members (excludes halogenated alkanes) is 1. The van der Waals surface area contributed by atoms with E-state index in [1.54, 1.807) is 4.90 Å². The fraction of sp³-hybridized carbons (Fsp3) is 0.381. The second-order valence-corrected chi connectivity index (χ2v) is 7.32. The van der Waals surface area contributed by atoms with Crippen LogP contribution in [0.25, 0.3) is 0 Å². The van der Waals surface area contributed by atoms with E-state index >= 15 is 0 Å². The largest absolute Gasteiger partial charge is 0.306 e. The van der Waals surface area contributed by atoms with Gasteiger partial charge < -0.3 is 4.90 Å². The van der Waals surface area contributed by atoms with Crippen molar-refractivity contribution >= 4 is 22.7 Å². The molecule has 0 fully saturated rings. The fourth-order valence-corrected chi connectivity index (χ4v) is 3.92. The SMILES string of the molecule is CCCC[C@H](C)[C@@H](SC(=O)N(C)c1ccccc1)c1ccccc1. The lowest BCUT2D eigenvalue weighted by Gasteiger charge is -2.26. The summed E-state index contributed by atoms with van der Waals surface area (Å²) in [6.45, 7) is 4.47. The van der Waals surface area contributed by atoms with Crippen molar-refractivity contribution in [1.82, 2.24) is 0 Å². The highest BCUT2D eigenvalue weighted by molar-refractivity contribution is 8.14. The van der Waals surface area contributed by atoms with Crippen molar-refractivity contribution in [2.75, 3.05) is 11.9 Å². The predicted octanol–water partition coefficient (Wildman–Crippen LogP) is 6.54. The van der Waals surface area contributed by atoms with Crippen LogP contribution in [0.4, 0.5) is 10.5 Å². The van der Waals surface area contributed by atoms with Gasteiger partial charge in [0.2, 0.25) is 0 Å². The summed E-state index contributed by atoms with van der Waals surface area (Å²) in [6.07, 6.45) is 3.54. The van der Waals surface area contributed by atoms with Crippen LogP contribution in [0.2, 0.25) is 0 Å². The van der Waals surface area contributed by atoms with Crippen LogP contribution in [-0.2, 0) is 0 Å². The molecule has 0 bridgehead atoms. The molecule has 0 aliphatic carbocycles. The Kier molecular flexibility index (Phi) is 7.38. The molecular weight excluding hydrogens is 314 g/mol. The summed E-state index contributed by atoms with van der Waals surface area (Å²) in [5.41, 5.74) is 2.17. The maximum atomic E-state index is 12.8. The highest BCUT2D eigenvalue weighted by Crippen LogP contribution is 2.39. The van der Waals surface area contributed by atoms with Crippen molar-refractivity contribution in [2.45, 2.75) is 38.4 Å². The molecule has 0 aromatic heterocycles. The van der Waals surface area contributed by atoms with Gasteiger partial charge in [0.1, 0.15) is 0 Å². The third-order valence-electron chi connectivity index (χ3n) is 4.30. The summed E-state index contributed by atoms with van der Waals surface area (Å²) < 4.78 is 0. The van der Waals surface area contributed by atoms with Gasteiger partial charge in [-0.2, -0.15) is 0 Å². The summed E-state index contributed by atoms with van der Waals surface area (Å²) in [5, 5.41) is 0.287. The minimum absolute atomic E-state index is 0.0957. The third-order valence-corrected chi connectivity index (χ3v) is 5.77. The Morgan fingerprint density at radius 3 is 2.21 bits per heavy atom.